The molecular formula is C9H12FN. The molecule has 1 heterocycles. The summed E-state index contributed by atoms with van der Waals surface area (Å²) in [6.07, 6.45) is 1.36. The normalized spacial score (nSPS) is 12.9. The molecule has 0 aliphatic rings. The van der Waals surface area contributed by atoms with Gasteiger partial charge in [0.25, 0.3) is 0 Å². The summed E-state index contributed by atoms with van der Waals surface area (Å²) >= 11 is 0. The number of pyridine rings is 1. The molecule has 0 aromatic carbocycles. The van der Waals surface area contributed by atoms with Crippen LogP contribution in [-0.4, -0.2) is 4.98 Å². The van der Waals surface area contributed by atoms with Crippen LogP contribution in [0.15, 0.2) is 18.3 Å². The molecule has 0 radical (unpaired) electrons. The van der Waals surface area contributed by atoms with Gasteiger partial charge in [-0.2, -0.15) is 0 Å². The van der Waals surface area contributed by atoms with Crippen molar-refractivity contribution < 1.29 is 5.76 Å². The lowest BCUT2D eigenvalue weighted by molar-refractivity contribution is 0.503. The average molecular weight is 154 g/mol. The summed E-state index contributed by atoms with van der Waals surface area (Å²) in [7, 11) is 0. The summed E-state index contributed by atoms with van der Waals surface area (Å²) in [5.41, 5.74) is 0.121. The number of hydrogen-bond acceptors (Lipinski definition) is 1. The Bertz CT molecular complexity index is 291. The van der Waals surface area contributed by atoms with Crippen molar-refractivity contribution >= 4 is 0 Å². The fourth-order valence-electron chi connectivity index (χ4n) is 0.894. The molecule has 0 aliphatic heterocycles. The van der Waals surface area contributed by atoms with Crippen LogP contribution < -0.4 is 0 Å². The van der Waals surface area contributed by atoms with E-state index in [4.69, 9.17) is 1.37 Å². The molecule has 0 N–H and O–H groups in total. The van der Waals surface area contributed by atoms with E-state index in [1.54, 1.807) is 0 Å². The third-order valence-electron chi connectivity index (χ3n) is 1.41. The second-order valence-electron chi connectivity index (χ2n) is 3.52. The predicted molar refractivity (Wildman–Crippen MR) is 42.9 cm³/mol. The first-order chi connectivity index (χ1) is 5.41. The van der Waals surface area contributed by atoms with Crippen LogP contribution in [0.5, 0.6) is 0 Å². The zero-order valence-corrected chi connectivity index (χ0v) is 6.98. The molecule has 60 valence electrons. The lowest BCUT2D eigenvalue weighted by Crippen LogP contribution is -2.15. The Balaban J connectivity index is 3.19. The number of rotatable bonds is 0. The number of halogens is 1. The maximum absolute atomic E-state index is 13.2. The Morgan fingerprint density at radius 1 is 1.55 bits per heavy atom. The largest absolute Gasteiger partial charge is 0.258 e. The van der Waals surface area contributed by atoms with E-state index in [0.29, 0.717) is 5.69 Å². The topological polar surface area (TPSA) is 12.9 Å². The molecule has 0 aliphatic carbocycles. The Morgan fingerprint density at radius 2 is 2.18 bits per heavy atom. The van der Waals surface area contributed by atoms with E-state index in [9.17, 15) is 4.39 Å². The summed E-state index contributed by atoms with van der Waals surface area (Å²) in [5.74, 6) is -0.394. The lowest BCUT2D eigenvalue weighted by Gasteiger charge is -2.17. The first-order valence-electron chi connectivity index (χ1n) is 4.04. The fraction of sp³-hybridized carbons (Fsp3) is 0.444. The van der Waals surface area contributed by atoms with Crippen molar-refractivity contribution in [3.63, 3.8) is 0 Å². The molecule has 0 saturated heterocycles. The van der Waals surface area contributed by atoms with Crippen molar-refractivity contribution in [2.75, 3.05) is 0 Å². The highest BCUT2D eigenvalue weighted by atomic mass is 19.1. The second-order valence-corrected chi connectivity index (χ2v) is 3.52. The van der Waals surface area contributed by atoms with E-state index in [2.05, 4.69) is 4.98 Å². The van der Waals surface area contributed by atoms with Gasteiger partial charge in [0.2, 0.25) is 0 Å². The summed E-state index contributed by atoms with van der Waals surface area (Å²) < 4.78 is 20.3. The SMILES string of the molecule is [2H]c1cnc(C(C)(C)C)c(F)c1. The quantitative estimate of drug-likeness (QED) is 0.559. The predicted octanol–water partition coefficient (Wildman–Crippen LogP) is 2.52. The standard InChI is InChI=1S/C9H12FN/c1-9(2,3)8-7(10)5-4-6-11-8/h4-6H,1-3H3/i4D. The van der Waals surface area contributed by atoms with Gasteiger partial charge in [-0.3, -0.25) is 4.98 Å². The Morgan fingerprint density at radius 3 is 2.64 bits per heavy atom. The number of aromatic nitrogens is 1. The van der Waals surface area contributed by atoms with Gasteiger partial charge in [-0.25, -0.2) is 4.39 Å². The van der Waals surface area contributed by atoms with Gasteiger partial charge < -0.3 is 0 Å². The molecule has 11 heavy (non-hydrogen) atoms. The Kier molecular flexibility index (Phi) is 1.60. The minimum Gasteiger partial charge on any atom is -0.258 e. The molecule has 1 aromatic rings. The van der Waals surface area contributed by atoms with Crippen molar-refractivity contribution in [1.82, 2.24) is 4.98 Å². The molecule has 0 unspecified atom stereocenters. The van der Waals surface area contributed by atoms with Crippen LogP contribution in [0.1, 0.15) is 27.8 Å². The third kappa shape index (κ3) is 1.76. The van der Waals surface area contributed by atoms with Crippen molar-refractivity contribution in [3.05, 3.63) is 29.8 Å². The van der Waals surface area contributed by atoms with Crippen LogP contribution in [0.2, 0.25) is 0 Å². The van der Waals surface area contributed by atoms with Crippen molar-refractivity contribution in [2.24, 2.45) is 0 Å². The Hall–Kier alpha value is -0.920. The van der Waals surface area contributed by atoms with E-state index in [1.807, 2.05) is 20.8 Å². The van der Waals surface area contributed by atoms with Crippen LogP contribution in [0, 0.1) is 5.82 Å². The highest BCUT2D eigenvalue weighted by Crippen LogP contribution is 2.21. The molecule has 1 aromatic heterocycles. The maximum Gasteiger partial charge on any atom is 0.145 e. The van der Waals surface area contributed by atoms with Gasteiger partial charge in [-0.1, -0.05) is 20.8 Å². The van der Waals surface area contributed by atoms with E-state index in [-0.39, 0.29) is 11.5 Å². The molecule has 1 nitrogen and oxygen atoms in total. The number of hydrogen-bond donors (Lipinski definition) is 0. The molecular weight excluding hydrogens is 141 g/mol. The maximum atomic E-state index is 13.2. The highest BCUT2D eigenvalue weighted by molar-refractivity contribution is 5.15. The number of nitrogens with zero attached hydrogens (tertiary/aromatic N) is 1. The summed E-state index contributed by atoms with van der Waals surface area (Å²) in [4.78, 5) is 3.89. The van der Waals surface area contributed by atoms with Crippen molar-refractivity contribution in [2.45, 2.75) is 26.2 Å². The molecule has 0 amide bonds. The molecule has 0 bridgehead atoms. The molecule has 2 heteroatoms. The smallest absolute Gasteiger partial charge is 0.145 e. The van der Waals surface area contributed by atoms with Crippen molar-refractivity contribution in [3.8, 4) is 0 Å². The van der Waals surface area contributed by atoms with Crippen LogP contribution in [0.3, 0.4) is 0 Å². The summed E-state index contributed by atoms with van der Waals surface area (Å²) in [6.45, 7) is 5.67. The van der Waals surface area contributed by atoms with Gasteiger partial charge in [0, 0.05) is 11.6 Å². The van der Waals surface area contributed by atoms with Gasteiger partial charge in [-0.15, -0.1) is 0 Å². The highest BCUT2D eigenvalue weighted by Gasteiger charge is 2.18. The second kappa shape index (κ2) is 2.61. The van der Waals surface area contributed by atoms with Gasteiger partial charge >= 0.3 is 0 Å². The zero-order valence-electron chi connectivity index (χ0n) is 7.98. The van der Waals surface area contributed by atoms with Crippen LogP contribution in [0.25, 0.3) is 0 Å². The fourth-order valence-corrected chi connectivity index (χ4v) is 0.894. The van der Waals surface area contributed by atoms with Crippen LogP contribution >= 0.6 is 0 Å². The summed E-state index contributed by atoms with van der Waals surface area (Å²) in [6, 6.07) is 1.30. The molecule has 0 atom stereocenters. The van der Waals surface area contributed by atoms with Crippen LogP contribution in [-0.2, 0) is 5.41 Å². The Labute approximate surface area is 67.7 Å². The van der Waals surface area contributed by atoms with Crippen molar-refractivity contribution in [1.29, 1.82) is 0 Å². The molecule has 0 saturated carbocycles. The molecule has 1 rings (SSSR count). The lowest BCUT2D eigenvalue weighted by atomic mass is 9.91. The summed E-state index contributed by atoms with van der Waals surface area (Å²) in [5, 5.41) is 0. The first kappa shape index (κ1) is 6.77. The minimum absolute atomic E-state index is 0.112. The van der Waals surface area contributed by atoms with E-state index >= 15 is 0 Å². The van der Waals surface area contributed by atoms with E-state index in [1.165, 1.54) is 12.3 Å². The monoisotopic (exact) mass is 154 g/mol. The zero-order chi connectivity index (χ0) is 9.35. The van der Waals surface area contributed by atoms with E-state index < -0.39 is 5.82 Å². The van der Waals surface area contributed by atoms with Gasteiger partial charge in [0.1, 0.15) is 5.82 Å². The first-order valence-corrected chi connectivity index (χ1v) is 3.54. The average Bonchev–Trinajstić information content (AvgIpc) is 1.83. The van der Waals surface area contributed by atoms with Gasteiger partial charge in [0.15, 0.2) is 0 Å². The van der Waals surface area contributed by atoms with Crippen LogP contribution in [0.4, 0.5) is 4.39 Å². The van der Waals surface area contributed by atoms with Gasteiger partial charge in [0.05, 0.1) is 7.06 Å². The molecule has 0 spiro atoms. The third-order valence-corrected chi connectivity index (χ3v) is 1.41. The van der Waals surface area contributed by atoms with Gasteiger partial charge in [-0.05, 0) is 12.1 Å². The minimum atomic E-state index is -0.394. The molecule has 0 fully saturated rings. The van der Waals surface area contributed by atoms with E-state index in [0.717, 1.165) is 0 Å².